The first-order valence-corrected chi connectivity index (χ1v) is 6.51. The lowest BCUT2D eigenvalue weighted by Gasteiger charge is -2.35. The van der Waals surface area contributed by atoms with Crippen molar-refractivity contribution in [1.82, 2.24) is 5.43 Å². The number of hydrogen-bond donors (Lipinski definition) is 2. The number of nitrogens with two attached hydrogens (primary N) is 1. The molecule has 2 rings (SSSR count). The van der Waals surface area contributed by atoms with Gasteiger partial charge in [0.1, 0.15) is 0 Å². The molecule has 1 aromatic carbocycles. The van der Waals surface area contributed by atoms with E-state index in [0.29, 0.717) is 5.92 Å². The van der Waals surface area contributed by atoms with Crippen LogP contribution in [-0.4, -0.2) is 18.5 Å². The van der Waals surface area contributed by atoms with E-state index < -0.39 is 0 Å². The zero-order valence-corrected chi connectivity index (χ0v) is 11.4. The van der Waals surface area contributed by atoms with Crippen molar-refractivity contribution in [1.29, 1.82) is 0 Å². The molecule has 98 valence electrons. The smallest absolute Gasteiger partial charge is 0.213 e. The third-order valence-corrected chi connectivity index (χ3v) is 3.11. The summed E-state index contributed by atoms with van der Waals surface area (Å²) in [7, 11) is 0. The van der Waals surface area contributed by atoms with Gasteiger partial charge in [0.05, 0.1) is 0 Å². The highest BCUT2D eigenvalue weighted by molar-refractivity contribution is 5.97. The summed E-state index contributed by atoms with van der Waals surface area (Å²) >= 11 is 0. The van der Waals surface area contributed by atoms with Crippen LogP contribution in [0, 0.1) is 5.92 Å². The topological polar surface area (TPSA) is 53.6 Å². The highest BCUT2D eigenvalue weighted by Crippen LogP contribution is 2.29. The summed E-state index contributed by atoms with van der Waals surface area (Å²) in [6.07, 6.45) is 1.12. The Balaban J connectivity index is 2.39. The minimum atomic E-state index is 0.223. The SMILES string of the molecule is CC1Cc2ccccc2N(C(=NC(C)C)NN)C1. The quantitative estimate of drug-likeness (QED) is 0.344. The maximum Gasteiger partial charge on any atom is 0.213 e. The van der Waals surface area contributed by atoms with Crippen LogP contribution in [0.2, 0.25) is 0 Å². The summed E-state index contributed by atoms with van der Waals surface area (Å²) in [6, 6.07) is 8.69. The minimum absolute atomic E-state index is 0.223. The molecule has 0 amide bonds. The van der Waals surface area contributed by atoms with E-state index >= 15 is 0 Å². The Labute approximate surface area is 109 Å². The van der Waals surface area contributed by atoms with E-state index in [0.717, 1.165) is 18.9 Å². The van der Waals surface area contributed by atoms with E-state index in [2.05, 4.69) is 60.4 Å². The largest absolute Gasteiger partial charge is 0.311 e. The first kappa shape index (κ1) is 12.9. The average Bonchev–Trinajstić information content (AvgIpc) is 2.34. The van der Waals surface area contributed by atoms with Gasteiger partial charge in [-0.2, -0.15) is 0 Å². The first-order chi connectivity index (χ1) is 8.61. The molecule has 1 unspecified atom stereocenters. The molecule has 0 saturated heterocycles. The fourth-order valence-electron chi connectivity index (χ4n) is 2.43. The van der Waals surface area contributed by atoms with Crippen molar-refractivity contribution < 1.29 is 0 Å². The highest BCUT2D eigenvalue weighted by Gasteiger charge is 2.24. The van der Waals surface area contributed by atoms with Gasteiger partial charge in [0.25, 0.3) is 0 Å². The van der Waals surface area contributed by atoms with Crippen molar-refractivity contribution in [2.45, 2.75) is 33.2 Å². The normalized spacial score (nSPS) is 19.9. The van der Waals surface area contributed by atoms with Gasteiger partial charge < -0.3 is 4.90 Å². The summed E-state index contributed by atoms with van der Waals surface area (Å²) in [4.78, 5) is 6.74. The Hall–Kier alpha value is -1.55. The van der Waals surface area contributed by atoms with E-state index in [1.807, 2.05) is 0 Å². The number of para-hydroxylation sites is 1. The fraction of sp³-hybridized carbons (Fsp3) is 0.500. The van der Waals surface area contributed by atoms with Crippen molar-refractivity contribution in [3.05, 3.63) is 29.8 Å². The van der Waals surface area contributed by atoms with Gasteiger partial charge >= 0.3 is 0 Å². The second kappa shape index (κ2) is 5.40. The van der Waals surface area contributed by atoms with Crippen molar-refractivity contribution in [2.24, 2.45) is 16.8 Å². The first-order valence-electron chi connectivity index (χ1n) is 6.51. The molecule has 4 nitrogen and oxygen atoms in total. The van der Waals surface area contributed by atoms with Gasteiger partial charge in [-0.1, -0.05) is 25.1 Å². The van der Waals surface area contributed by atoms with Crippen LogP contribution in [0.3, 0.4) is 0 Å². The number of aliphatic imine (C=N–C) groups is 1. The number of hydrazine groups is 1. The molecule has 1 aliphatic rings. The predicted molar refractivity (Wildman–Crippen MR) is 76.6 cm³/mol. The van der Waals surface area contributed by atoms with Gasteiger partial charge in [-0.3, -0.25) is 5.43 Å². The zero-order chi connectivity index (χ0) is 13.1. The lowest BCUT2D eigenvalue weighted by atomic mass is 9.94. The number of guanidine groups is 1. The van der Waals surface area contributed by atoms with Gasteiger partial charge in [-0.15, -0.1) is 0 Å². The predicted octanol–water partition coefficient (Wildman–Crippen LogP) is 1.91. The van der Waals surface area contributed by atoms with Gasteiger partial charge in [0, 0.05) is 18.3 Å². The Morgan fingerprint density at radius 3 is 2.83 bits per heavy atom. The van der Waals surface area contributed by atoms with Crippen LogP contribution in [0.5, 0.6) is 0 Å². The highest BCUT2D eigenvalue weighted by atomic mass is 15.4. The van der Waals surface area contributed by atoms with Crippen LogP contribution in [-0.2, 0) is 6.42 Å². The van der Waals surface area contributed by atoms with Crippen molar-refractivity contribution in [3.8, 4) is 0 Å². The molecule has 1 atom stereocenters. The van der Waals surface area contributed by atoms with Crippen LogP contribution in [0.1, 0.15) is 26.3 Å². The van der Waals surface area contributed by atoms with Crippen molar-refractivity contribution in [2.75, 3.05) is 11.4 Å². The Kier molecular flexibility index (Phi) is 3.87. The van der Waals surface area contributed by atoms with E-state index in [1.54, 1.807) is 0 Å². The maximum absolute atomic E-state index is 5.63. The summed E-state index contributed by atoms with van der Waals surface area (Å²) in [5, 5.41) is 0. The minimum Gasteiger partial charge on any atom is -0.311 e. The molecule has 0 aromatic heterocycles. The summed E-state index contributed by atoms with van der Waals surface area (Å²) in [6.45, 7) is 7.31. The maximum atomic E-state index is 5.63. The van der Waals surface area contributed by atoms with E-state index in [4.69, 9.17) is 5.84 Å². The standard InChI is InChI=1S/C14H22N4/c1-10(2)16-14(17-15)18-9-11(3)8-12-6-4-5-7-13(12)18/h4-7,10-11H,8-9,15H2,1-3H3,(H,16,17). The second-order valence-electron chi connectivity index (χ2n) is 5.24. The molecular formula is C14H22N4. The number of nitrogens with one attached hydrogen (secondary N) is 1. The number of benzene rings is 1. The zero-order valence-electron chi connectivity index (χ0n) is 11.4. The van der Waals surface area contributed by atoms with Gasteiger partial charge in [-0.05, 0) is 37.8 Å². The van der Waals surface area contributed by atoms with Crippen molar-refractivity contribution >= 4 is 11.6 Å². The summed E-state index contributed by atoms with van der Waals surface area (Å²) in [5.74, 6) is 6.99. The molecule has 0 saturated carbocycles. The van der Waals surface area contributed by atoms with Crippen molar-refractivity contribution in [3.63, 3.8) is 0 Å². The third-order valence-electron chi connectivity index (χ3n) is 3.11. The molecule has 1 aliphatic heterocycles. The van der Waals surface area contributed by atoms with E-state index in [-0.39, 0.29) is 6.04 Å². The second-order valence-corrected chi connectivity index (χ2v) is 5.24. The molecule has 1 aromatic rings. The molecule has 18 heavy (non-hydrogen) atoms. The van der Waals surface area contributed by atoms with E-state index in [9.17, 15) is 0 Å². The van der Waals surface area contributed by atoms with Crippen LogP contribution in [0.15, 0.2) is 29.3 Å². The number of fused-ring (bicyclic) bond motifs is 1. The fourth-order valence-corrected chi connectivity index (χ4v) is 2.43. The molecule has 3 N–H and O–H groups in total. The van der Waals surface area contributed by atoms with Gasteiger partial charge in [-0.25, -0.2) is 10.8 Å². The monoisotopic (exact) mass is 246 g/mol. The number of anilines is 1. The van der Waals surface area contributed by atoms with Gasteiger partial charge in [0.15, 0.2) is 0 Å². The summed E-state index contributed by atoms with van der Waals surface area (Å²) in [5.41, 5.74) is 5.32. The molecule has 0 spiro atoms. The number of rotatable bonds is 1. The Morgan fingerprint density at radius 2 is 2.17 bits per heavy atom. The molecule has 0 aliphatic carbocycles. The van der Waals surface area contributed by atoms with Crippen LogP contribution in [0.25, 0.3) is 0 Å². The third kappa shape index (κ3) is 2.64. The lowest BCUT2D eigenvalue weighted by Crippen LogP contribution is -2.49. The molecular weight excluding hydrogens is 224 g/mol. The van der Waals surface area contributed by atoms with Crippen LogP contribution < -0.4 is 16.2 Å². The Morgan fingerprint density at radius 1 is 1.44 bits per heavy atom. The number of hydrogen-bond acceptors (Lipinski definition) is 2. The molecule has 1 heterocycles. The molecule has 0 fully saturated rings. The lowest BCUT2D eigenvalue weighted by molar-refractivity contribution is 0.562. The van der Waals surface area contributed by atoms with Crippen LogP contribution in [0.4, 0.5) is 5.69 Å². The van der Waals surface area contributed by atoms with Crippen LogP contribution >= 0.6 is 0 Å². The average molecular weight is 246 g/mol. The summed E-state index contributed by atoms with van der Waals surface area (Å²) < 4.78 is 0. The van der Waals surface area contributed by atoms with Gasteiger partial charge in [0.2, 0.25) is 5.96 Å². The molecule has 0 radical (unpaired) electrons. The number of nitrogens with zero attached hydrogens (tertiary/aromatic N) is 2. The molecule has 4 heteroatoms. The van der Waals surface area contributed by atoms with E-state index in [1.165, 1.54) is 11.3 Å². The molecule has 0 bridgehead atoms. The Bertz CT molecular complexity index is 439.